The van der Waals surface area contributed by atoms with Crippen LogP contribution < -0.4 is 11.1 Å². The van der Waals surface area contributed by atoms with E-state index in [0.717, 1.165) is 35.7 Å². The summed E-state index contributed by atoms with van der Waals surface area (Å²) in [5, 5.41) is 9.11. The number of hydrogen-bond donors (Lipinski definition) is 2. The van der Waals surface area contributed by atoms with Crippen LogP contribution in [0, 0.1) is 0 Å². The molecule has 0 bridgehead atoms. The minimum Gasteiger partial charge on any atom is -0.394 e. The van der Waals surface area contributed by atoms with Crippen LogP contribution in [0.2, 0.25) is 10.0 Å². The maximum absolute atomic E-state index is 6.17. The molecule has 0 spiro atoms. The van der Waals surface area contributed by atoms with Crippen LogP contribution >= 0.6 is 23.2 Å². The highest BCUT2D eigenvalue weighted by Crippen LogP contribution is 2.28. The zero-order chi connectivity index (χ0) is 15.6. The molecule has 2 aromatic rings. The van der Waals surface area contributed by atoms with Crippen LogP contribution in [0.5, 0.6) is 0 Å². The number of nitrogen functional groups attached to an aromatic ring is 1. The van der Waals surface area contributed by atoms with E-state index < -0.39 is 0 Å². The average molecular weight is 327 g/mol. The minimum absolute atomic E-state index is 0.303. The summed E-state index contributed by atoms with van der Waals surface area (Å²) >= 11 is 12.1. The molecule has 6 heteroatoms. The van der Waals surface area contributed by atoms with E-state index in [1.165, 1.54) is 0 Å². The van der Waals surface area contributed by atoms with Crippen molar-refractivity contribution in [1.29, 1.82) is 0 Å². The average Bonchev–Trinajstić information content (AvgIpc) is 2.69. The summed E-state index contributed by atoms with van der Waals surface area (Å²) in [7, 11) is 1.89. The number of hydrogen-bond acceptors (Lipinski definition) is 3. The van der Waals surface area contributed by atoms with E-state index in [1.54, 1.807) is 10.7 Å². The van der Waals surface area contributed by atoms with Gasteiger partial charge in [-0.15, -0.1) is 0 Å². The molecule has 0 saturated heterocycles. The van der Waals surface area contributed by atoms with Crippen molar-refractivity contribution < 1.29 is 0 Å². The van der Waals surface area contributed by atoms with Crippen molar-refractivity contribution >= 4 is 34.7 Å². The second kappa shape index (κ2) is 6.58. The Morgan fingerprint density at radius 1 is 1.33 bits per heavy atom. The standard InChI is InChI=1S/C15H20Cl2N4/c1-9(2)14-13(18)15(21(3)20-14)19-7-6-10-4-5-11(16)8-12(10)17/h4-5,8-9,19H,6-7,18H2,1-3H3. The largest absolute Gasteiger partial charge is 0.394 e. The lowest BCUT2D eigenvalue weighted by atomic mass is 10.1. The van der Waals surface area contributed by atoms with Gasteiger partial charge in [0.15, 0.2) is 0 Å². The monoisotopic (exact) mass is 326 g/mol. The first-order valence-electron chi connectivity index (χ1n) is 6.90. The number of benzene rings is 1. The Bertz CT molecular complexity index is 635. The quantitative estimate of drug-likeness (QED) is 0.870. The molecule has 0 aliphatic carbocycles. The molecule has 0 amide bonds. The molecule has 1 aromatic carbocycles. The molecule has 1 heterocycles. The fraction of sp³-hybridized carbons (Fsp3) is 0.400. The minimum atomic E-state index is 0.303. The van der Waals surface area contributed by atoms with Crippen molar-refractivity contribution in [2.24, 2.45) is 7.05 Å². The number of nitrogens with zero attached hydrogens (tertiary/aromatic N) is 2. The van der Waals surface area contributed by atoms with Gasteiger partial charge in [-0.1, -0.05) is 43.1 Å². The highest BCUT2D eigenvalue weighted by Gasteiger charge is 2.15. The zero-order valence-corrected chi connectivity index (χ0v) is 14.0. The Hall–Kier alpha value is -1.39. The lowest BCUT2D eigenvalue weighted by Crippen LogP contribution is -2.10. The van der Waals surface area contributed by atoms with Gasteiger partial charge >= 0.3 is 0 Å². The SMILES string of the molecule is CC(C)c1nn(C)c(NCCc2ccc(Cl)cc2Cl)c1N. The molecule has 0 aliphatic heterocycles. The van der Waals surface area contributed by atoms with Crippen molar-refractivity contribution in [3.8, 4) is 0 Å². The summed E-state index contributed by atoms with van der Waals surface area (Å²) < 4.78 is 1.79. The smallest absolute Gasteiger partial charge is 0.147 e. The zero-order valence-electron chi connectivity index (χ0n) is 12.5. The predicted molar refractivity (Wildman–Crippen MR) is 90.4 cm³/mol. The number of anilines is 2. The van der Waals surface area contributed by atoms with E-state index in [2.05, 4.69) is 24.3 Å². The fourth-order valence-electron chi connectivity index (χ4n) is 2.24. The molecule has 3 N–H and O–H groups in total. The van der Waals surface area contributed by atoms with Gasteiger partial charge in [-0.25, -0.2) is 0 Å². The van der Waals surface area contributed by atoms with E-state index >= 15 is 0 Å². The van der Waals surface area contributed by atoms with Gasteiger partial charge in [0.25, 0.3) is 0 Å². The first kappa shape index (κ1) is 16.0. The third kappa shape index (κ3) is 3.63. The second-order valence-corrected chi connectivity index (χ2v) is 6.18. The van der Waals surface area contributed by atoms with E-state index in [1.807, 2.05) is 19.2 Å². The topological polar surface area (TPSA) is 55.9 Å². The molecule has 0 unspecified atom stereocenters. The Labute approximate surface area is 135 Å². The molecular formula is C15H20Cl2N4. The lowest BCUT2D eigenvalue weighted by Gasteiger charge is -2.09. The lowest BCUT2D eigenvalue weighted by molar-refractivity contribution is 0.715. The molecule has 0 radical (unpaired) electrons. The van der Waals surface area contributed by atoms with Crippen LogP contribution in [0.3, 0.4) is 0 Å². The first-order chi connectivity index (χ1) is 9.90. The predicted octanol–water partition coefficient (Wildman–Crippen LogP) is 4.09. The highest BCUT2D eigenvalue weighted by molar-refractivity contribution is 6.35. The van der Waals surface area contributed by atoms with Gasteiger partial charge in [-0.2, -0.15) is 5.10 Å². The summed E-state index contributed by atoms with van der Waals surface area (Å²) in [6.07, 6.45) is 0.789. The van der Waals surface area contributed by atoms with Crippen LogP contribution in [-0.2, 0) is 13.5 Å². The highest BCUT2D eigenvalue weighted by atomic mass is 35.5. The molecule has 0 fully saturated rings. The number of rotatable bonds is 5. The number of nitrogens with two attached hydrogens (primary N) is 1. The molecule has 1 aromatic heterocycles. The van der Waals surface area contributed by atoms with Crippen LogP contribution in [0.25, 0.3) is 0 Å². The van der Waals surface area contributed by atoms with E-state index in [4.69, 9.17) is 28.9 Å². The maximum Gasteiger partial charge on any atom is 0.147 e. The number of halogens is 2. The van der Waals surface area contributed by atoms with Gasteiger partial charge in [0.05, 0.1) is 11.4 Å². The van der Waals surface area contributed by atoms with Crippen LogP contribution in [0.15, 0.2) is 18.2 Å². The molecule has 21 heavy (non-hydrogen) atoms. The van der Waals surface area contributed by atoms with Gasteiger partial charge < -0.3 is 11.1 Å². The fourth-order valence-corrected chi connectivity index (χ4v) is 2.74. The van der Waals surface area contributed by atoms with Gasteiger partial charge in [0, 0.05) is 23.6 Å². The summed E-state index contributed by atoms with van der Waals surface area (Å²) in [6.45, 7) is 4.88. The van der Waals surface area contributed by atoms with E-state index in [9.17, 15) is 0 Å². The molecule has 4 nitrogen and oxygen atoms in total. The molecular weight excluding hydrogens is 307 g/mol. The van der Waals surface area contributed by atoms with Gasteiger partial charge in [0.1, 0.15) is 5.82 Å². The Balaban J connectivity index is 2.04. The summed E-state index contributed by atoms with van der Waals surface area (Å²) in [6, 6.07) is 5.55. The van der Waals surface area contributed by atoms with Gasteiger partial charge in [-0.3, -0.25) is 4.68 Å². The van der Waals surface area contributed by atoms with Crippen LogP contribution in [0.1, 0.15) is 31.0 Å². The second-order valence-electron chi connectivity index (χ2n) is 5.34. The molecule has 2 rings (SSSR count). The summed E-state index contributed by atoms with van der Waals surface area (Å²) in [5.41, 5.74) is 8.84. The Morgan fingerprint density at radius 3 is 2.62 bits per heavy atom. The summed E-state index contributed by atoms with van der Waals surface area (Å²) in [5.74, 6) is 1.15. The molecule has 114 valence electrons. The van der Waals surface area contributed by atoms with Crippen molar-refractivity contribution in [2.45, 2.75) is 26.2 Å². The first-order valence-corrected chi connectivity index (χ1v) is 7.66. The Kier molecular flexibility index (Phi) is 5.01. The van der Waals surface area contributed by atoms with Crippen molar-refractivity contribution in [3.05, 3.63) is 39.5 Å². The van der Waals surface area contributed by atoms with Crippen LogP contribution in [-0.4, -0.2) is 16.3 Å². The van der Waals surface area contributed by atoms with E-state index in [-0.39, 0.29) is 0 Å². The van der Waals surface area contributed by atoms with Gasteiger partial charge in [-0.05, 0) is 30.0 Å². The van der Waals surface area contributed by atoms with Crippen molar-refractivity contribution in [1.82, 2.24) is 9.78 Å². The van der Waals surface area contributed by atoms with Crippen molar-refractivity contribution in [3.63, 3.8) is 0 Å². The third-order valence-electron chi connectivity index (χ3n) is 3.36. The molecule has 0 aliphatic rings. The van der Waals surface area contributed by atoms with Crippen LogP contribution in [0.4, 0.5) is 11.5 Å². The summed E-state index contributed by atoms with van der Waals surface area (Å²) in [4.78, 5) is 0. The van der Waals surface area contributed by atoms with E-state index in [0.29, 0.717) is 16.0 Å². The van der Waals surface area contributed by atoms with Crippen molar-refractivity contribution in [2.75, 3.05) is 17.6 Å². The normalized spacial score (nSPS) is 11.1. The maximum atomic E-state index is 6.17. The molecule has 0 saturated carbocycles. The number of aromatic nitrogens is 2. The third-order valence-corrected chi connectivity index (χ3v) is 3.95. The number of nitrogens with one attached hydrogen (secondary N) is 1. The number of aryl methyl sites for hydroxylation is 1. The van der Waals surface area contributed by atoms with Gasteiger partial charge in [0.2, 0.25) is 0 Å². The molecule has 0 atom stereocenters. The Morgan fingerprint density at radius 2 is 2.05 bits per heavy atom.